The molecule has 0 unspecified atom stereocenters. The quantitative estimate of drug-likeness (QED) is 0.404. The maximum absolute atomic E-state index is 14.1. The Hall–Kier alpha value is -3.31. The molecule has 0 saturated carbocycles. The number of benzene rings is 3. The number of fused-ring (bicyclic) bond motifs is 1. The summed E-state index contributed by atoms with van der Waals surface area (Å²) in [6, 6.07) is 20.2. The summed E-state index contributed by atoms with van der Waals surface area (Å²) in [4.78, 5) is 15.9. The van der Waals surface area contributed by atoms with Crippen LogP contribution >= 0.6 is 11.6 Å². The third-order valence-electron chi connectivity index (χ3n) is 5.42. The van der Waals surface area contributed by atoms with Gasteiger partial charge in [-0.15, -0.1) is 0 Å². The minimum Gasteiger partial charge on any atom is -0.497 e. The number of hydrogen-bond acceptors (Lipinski definition) is 2. The van der Waals surface area contributed by atoms with Crippen molar-refractivity contribution in [2.45, 2.75) is 12.3 Å². The van der Waals surface area contributed by atoms with Crippen LogP contribution < -0.4 is 10.1 Å². The average Bonchev–Trinajstić information content (AvgIpc) is 3.21. The third kappa shape index (κ3) is 4.57. The number of para-hydroxylation sites is 1. The molecule has 158 valence electrons. The van der Waals surface area contributed by atoms with Crippen LogP contribution in [0.2, 0.25) is 5.02 Å². The highest BCUT2D eigenvalue weighted by molar-refractivity contribution is 6.31. The van der Waals surface area contributed by atoms with E-state index in [1.165, 1.54) is 12.1 Å². The van der Waals surface area contributed by atoms with Gasteiger partial charge >= 0.3 is 0 Å². The monoisotopic (exact) mass is 436 g/mol. The molecule has 1 heterocycles. The lowest BCUT2D eigenvalue weighted by Gasteiger charge is -2.19. The highest BCUT2D eigenvalue weighted by atomic mass is 35.5. The van der Waals surface area contributed by atoms with Crippen molar-refractivity contribution < 1.29 is 13.9 Å². The summed E-state index contributed by atoms with van der Waals surface area (Å²) in [6.07, 6.45) is 1.86. The lowest BCUT2D eigenvalue weighted by atomic mass is 9.90. The van der Waals surface area contributed by atoms with Gasteiger partial charge in [-0.05, 0) is 41.5 Å². The largest absolute Gasteiger partial charge is 0.497 e. The van der Waals surface area contributed by atoms with E-state index < -0.39 is 5.82 Å². The van der Waals surface area contributed by atoms with Gasteiger partial charge in [0, 0.05) is 40.1 Å². The average molecular weight is 437 g/mol. The van der Waals surface area contributed by atoms with Crippen LogP contribution in [-0.4, -0.2) is 24.5 Å². The molecule has 0 bridgehead atoms. The van der Waals surface area contributed by atoms with Crippen molar-refractivity contribution in [3.8, 4) is 5.75 Å². The van der Waals surface area contributed by atoms with E-state index in [4.69, 9.17) is 16.3 Å². The zero-order valence-electron chi connectivity index (χ0n) is 17.0. The molecule has 0 saturated heterocycles. The maximum Gasteiger partial charge on any atom is 0.224 e. The van der Waals surface area contributed by atoms with E-state index in [0.717, 1.165) is 27.8 Å². The first-order valence-electron chi connectivity index (χ1n) is 9.96. The van der Waals surface area contributed by atoms with Crippen molar-refractivity contribution in [3.63, 3.8) is 0 Å². The highest BCUT2D eigenvalue weighted by Gasteiger charge is 2.20. The number of carbonyl (C=O) groups is 1. The molecular formula is C25H22ClFN2O2. The minimum absolute atomic E-state index is 0.0953. The Kier molecular flexibility index (Phi) is 6.23. The molecule has 4 nitrogen and oxygen atoms in total. The van der Waals surface area contributed by atoms with Gasteiger partial charge in [0.25, 0.3) is 0 Å². The number of amides is 1. The molecule has 1 amide bonds. The number of carbonyl (C=O) groups excluding carboxylic acids is 1. The molecule has 1 aromatic heterocycles. The predicted octanol–water partition coefficient (Wildman–Crippen LogP) is 5.46. The van der Waals surface area contributed by atoms with Gasteiger partial charge in [-0.2, -0.15) is 0 Å². The molecular weight excluding hydrogens is 415 g/mol. The number of ether oxygens (including phenoxy) is 1. The van der Waals surface area contributed by atoms with E-state index in [9.17, 15) is 9.18 Å². The van der Waals surface area contributed by atoms with Crippen molar-refractivity contribution in [2.24, 2.45) is 0 Å². The third-order valence-corrected chi connectivity index (χ3v) is 5.77. The van der Waals surface area contributed by atoms with Crippen LogP contribution in [0.5, 0.6) is 5.75 Å². The van der Waals surface area contributed by atoms with E-state index >= 15 is 0 Å². The summed E-state index contributed by atoms with van der Waals surface area (Å²) in [5.41, 5.74) is 3.34. The standard InChI is InChI=1S/C25H22ClFN2O2/c1-31-17-11-9-16(10-12-17)20(21-15-28-24-8-3-2-5-18(21)24)14-29-25(30)13-19-22(26)6-4-7-23(19)27/h2-12,15,20,28H,13-14H2,1H3,(H,29,30)/t20-/m1/s1. The smallest absolute Gasteiger partial charge is 0.224 e. The molecule has 0 radical (unpaired) electrons. The fourth-order valence-corrected chi connectivity index (χ4v) is 4.00. The van der Waals surface area contributed by atoms with Crippen LogP contribution in [-0.2, 0) is 11.2 Å². The van der Waals surface area contributed by atoms with Gasteiger partial charge < -0.3 is 15.0 Å². The van der Waals surface area contributed by atoms with Gasteiger partial charge in [-0.25, -0.2) is 4.39 Å². The van der Waals surface area contributed by atoms with E-state index in [2.05, 4.69) is 16.4 Å². The molecule has 31 heavy (non-hydrogen) atoms. The SMILES string of the molecule is COc1ccc([C@@H](CNC(=O)Cc2c(F)cccc2Cl)c2c[nH]c3ccccc23)cc1. The maximum atomic E-state index is 14.1. The number of H-pyrrole nitrogens is 1. The van der Waals surface area contributed by atoms with E-state index in [-0.39, 0.29) is 28.8 Å². The summed E-state index contributed by atoms with van der Waals surface area (Å²) < 4.78 is 19.3. The van der Waals surface area contributed by atoms with Gasteiger partial charge in [0.1, 0.15) is 11.6 Å². The van der Waals surface area contributed by atoms with Gasteiger partial charge in [0.15, 0.2) is 0 Å². The fourth-order valence-electron chi connectivity index (χ4n) is 3.77. The second kappa shape index (κ2) is 9.23. The van der Waals surface area contributed by atoms with E-state index in [1.54, 1.807) is 13.2 Å². The first kappa shape index (κ1) is 20.9. The predicted molar refractivity (Wildman–Crippen MR) is 121 cm³/mol. The zero-order chi connectivity index (χ0) is 21.8. The topological polar surface area (TPSA) is 54.1 Å². The van der Waals surface area contributed by atoms with Crippen LogP contribution in [0, 0.1) is 5.82 Å². The van der Waals surface area contributed by atoms with Crippen LogP contribution in [0.15, 0.2) is 72.9 Å². The van der Waals surface area contributed by atoms with Gasteiger partial charge in [-0.1, -0.05) is 48.0 Å². The van der Waals surface area contributed by atoms with Crippen molar-refractivity contribution in [2.75, 3.05) is 13.7 Å². The molecule has 0 fully saturated rings. The summed E-state index contributed by atoms with van der Waals surface area (Å²) in [5.74, 6) is -0.0990. The second-order valence-electron chi connectivity index (χ2n) is 7.30. The van der Waals surface area contributed by atoms with Gasteiger partial charge in [-0.3, -0.25) is 4.79 Å². The van der Waals surface area contributed by atoms with Crippen molar-refractivity contribution in [1.29, 1.82) is 0 Å². The van der Waals surface area contributed by atoms with Crippen LogP contribution in [0.1, 0.15) is 22.6 Å². The Labute approximate surface area is 185 Å². The Morgan fingerprint density at radius 2 is 1.87 bits per heavy atom. The molecule has 0 aliphatic rings. The fraction of sp³-hybridized carbons (Fsp3) is 0.160. The summed E-state index contributed by atoms with van der Waals surface area (Å²) >= 11 is 6.07. The Morgan fingerprint density at radius 3 is 2.61 bits per heavy atom. The molecule has 0 aliphatic heterocycles. The number of methoxy groups -OCH3 is 1. The second-order valence-corrected chi connectivity index (χ2v) is 7.70. The van der Waals surface area contributed by atoms with Crippen molar-refractivity contribution >= 4 is 28.4 Å². The minimum atomic E-state index is -0.481. The molecule has 3 aromatic carbocycles. The molecule has 0 spiro atoms. The number of aromatic nitrogens is 1. The van der Waals surface area contributed by atoms with Crippen LogP contribution in [0.4, 0.5) is 4.39 Å². The number of halogens is 2. The first-order valence-corrected chi connectivity index (χ1v) is 10.3. The molecule has 6 heteroatoms. The number of rotatable bonds is 7. The number of hydrogen-bond donors (Lipinski definition) is 2. The first-order chi connectivity index (χ1) is 15.1. The Bertz CT molecular complexity index is 1180. The lowest BCUT2D eigenvalue weighted by Crippen LogP contribution is -2.30. The van der Waals surface area contributed by atoms with E-state index in [0.29, 0.717) is 6.54 Å². The Morgan fingerprint density at radius 1 is 1.10 bits per heavy atom. The molecule has 0 aliphatic carbocycles. The van der Waals surface area contributed by atoms with E-state index in [1.807, 2.05) is 48.7 Å². The summed E-state index contributed by atoms with van der Waals surface area (Å²) in [7, 11) is 1.63. The summed E-state index contributed by atoms with van der Waals surface area (Å²) in [5, 5.41) is 4.30. The molecule has 1 atom stereocenters. The lowest BCUT2D eigenvalue weighted by molar-refractivity contribution is -0.120. The van der Waals surface area contributed by atoms with Gasteiger partial charge in [0.05, 0.1) is 13.5 Å². The van der Waals surface area contributed by atoms with Crippen molar-refractivity contribution in [3.05, 3.63) is 100 Å². The summed E-state index contributed by atoms with van der Waals surface area (Å²) in [6.45, 7) is 0.360. The molecule has 4 aromatic rings. The highest BCUT2D eigenvalue weighted by Crippen LogP contribution is 2.31. The van der Waals surface area contributed by atoms with Crippen LogP contribution in [0.3, 0.4) is 0 Å². The number of aromatic amines is 1. The molecule has 4 rings (SSSR count). The number of nitrogens with one attached hydrogen (secondary N) is 2. The van der Waals surface area contributed by atoms with Crippen LogP contribution in [0.25, 0.3) is 10.9 Å². The zero-order valence-corrected chi connectivity index (χ0v) is 17.7. The Balaban J connectivity index is 1.59. The normalized spacial score (nSPS) is 12.0. The van der Waals surface area contributed by atoms with Crippen molar-refractivity contribution in [1.82, 2.24) is 10.3 Å². The molecule has 2 N–H and O–H groups in total. The van der Waals surface area contributed by atoms with Gasteiger partial charge in [0.2, 0.25) is 5.91 Å².